The Hall–Kier alpha value is -1.02. The van der Waals surface area contributed by atoms with E-state index in [4.69, 9.17) is 4.74 Å². The molecule has 1 aromatic rings. The second kappa shape index (κ2) is 5.77. The predicted octanol–water partition coefficient (Wildman–Crippen LogP) is 4.14. The molecule has 0 bridgehead atoms. The highest BCUT2D eigenvalue weighted by molar-refractivity contribution is 5.27. The Balaban J connectivity index is 1.53. The molecule has 0 aliphatic heterocycles. The van der Waals surface area contributed by atoms with Gasteiger partial charge in [0.25, 0.3) is 0 Å². The van der Waals surface area contributed by atoms with E-state index in [-0.39, 0.29) is 0 Å². The molecule has 2 aliphatic rings. The van der Waals surface area contributed by atoms with E-state index in [1.807, 2.05) is 0 Å². The van der Waals surface area contributed by atoms with E-state index in [9.17, 15) is 0 Å². The number of benzene rings is 1. The third-order valence-electron chi connectivity index (χ3n) is 5.65. The van der Waals surface area contributed by atoms with Crippen molar-refractivity contribution in [2.75, 3.05) is 7.11 Å². The first-order valence-electron chi connectivity index (χ1n) is 8.08. The van der Waals surface area contributed by atoms with Gasteiger partial charge in [0, 0.05) is 12.6 Å². The van der Waals surface area contributed by atoms with E-state index in [0.29, 0.717) is 5.41 Å². The average Bonchev–Trinajstić information content (AvgIpc) is 2.48. The summed E-state index contributed by atoms with van der Waals surface area (Å²) >= 11 is 0. The molecule has 20 heavy (non-hydrogen) atoms. The Morgan fingerprint density at radius 2 is 1.75 bits per heavy atom. The highest BCUT2D eigenvalue weighted by Crippen LogP contribution is 2.52. The number of nitrogens with one attached hydrogen (secondary N) is 1. The molecule has 1 spiro atoms. The second-order valence-electron chi connectivity index (χ2n) is 6.87. The minimum atomic E-state index is 0.638. The molecule has 0 radical (unpaired) electrons. The van der Waals surface area contributed by atoms with Gasteiger partial charge in [0.05, 0.1) is 7.11 Å². The molecule has 2 fully saturated rings. The Bertz CT molecular complexity index is 431. The smallest absolute Gasteiger partial charge is 0.118 e. The molecule has 0 saturated heterocycles. The van der Waals surface area contributed by atoms with Gasteiger partial charge in [0.15, 0.2) is 0 Å². The third-order valence-corrected chi connectivity index (χ3v) is 5.65. The first-order chi connectivity index (χ1) is 9.72. The van der Waals surface area contributed by atoms with Crippen molar-refractivity contribution in [2.24, 2.45) is 11.3 Å². The standard InChI is InChI=1S/C18H27NO/c1-14-7-10-18(11-8-14)12-9-17(18)19-13-15-3-5-16(20-2)6-4-15/h3-6,14,17,19H,7-13H2,1-2H3/t14?,17-,18?/m0/s1. The number of ether oxygens (including phenoxy) is 1. The molecule has 0 aromatic heterocycles. The van der Waals surface area contributed by atoms with Crippen molar-refractivity contribution >= 4 is 0 Å². The number of methoxy groups -OCH3 is 1. The lowest BCUT2D eigenvalue weighted by Gasteiger charge is -2.53. The predicted molar refractivity (Wildman–Crippen MR) is 82.9 cm³/mol. The molecule has 1 atom stereocenters. The Labute approximate surface area is 122 Å². The zero-order valence-corrected chi connectivity index (χ0v) is 12.8. The average molecular weight is 273 g/mol. The molecule has 2 nitrogen and oxygen atoms in total. The van der Waals surface area contributed by atoms with Crippen molar-refractivity contribution in [1.29, 1.82) is 0 Å². The molecule has 0 amide bonds. The lowest BCUT2D eigenvalue weighted by molar-refractivity contribution is 0.00923. The van der Waals surface area contributed by atoms with Crippen molar-refractivity contribution in [3.63, 3.8) is 0 Å². The monoisotopic (exact) mass is 273 g/mol. The van der Waals surface area contributed by atoms with Gasteiger partial charge in [-0.1, -0.05) is 31.9 Å². The van der Waals surface area contributed by atoms with Crippen molar-refractivity contribution < 1.29 is 4.74 Å². The molecular formula is C18H27NO. The fraction of sp³-hybridized carbons (Fsp3) is 0.667. The summed E-state index contributed by atoms with van der Waals surface area (Å²) in [6.45, 7) is 3.40. The quantitative estimate of drug-likeness (QED) is 0.890. The van der Waals surface area contributed by atoms with E-state index < -0.39 is 0 Å². The summed E-state index contributed by atoms with van der Waals surface area (Å²) in [6.07, 6.45) is 8.55. The van der Waals surface area contributed by atoms with Gasteiger partial charge in [-0.15, -0.1) is 0 Å². The topological polar surface area (TPSA) is 21.3 Å². The van der Waals surface area contributed by atoms with Gasteiger partial charge in [0.1, 0.15) is 5.75 Å². The normalized spacial score (nSPS) is 32.9. The summed E-state index contributed by atoms with van der Waals surface area (Å²) < 4.78 is 5.21. The van der Waals surface area contributed by atoms with E-state index in [0.717, 1.165) is 24.3 Å². The van der Waals surface area contributed by atoms with Gasteiger partial charge in [-0.2, -0.15) is 0 Å². The van der Waals surface area contributed by atoms with Crippen molar-refractivity contribution in [1.82, 2.24) is 5.32 Å². The maximum Gasteiger partial charge on any atom is 0.118 e. The number of hydrogen-bond acceptors (Lipinski definition) is 2. The van der Waals surface area contributed by atoms with E-state index >= 15 is 0 Å². The van der Waals surface area contributed by atoms with Crippen molar-refractivity contribution in [3.05, 3.63) is 29.8 Å². The van der Waals surface area contributed by atoms with Crippen LogP contribution in [0.4, 0.5) is 0 Å². The highest BCUT2D eigenvalue weighted by atomic mass is 16.5. The lowest BCUT2D eigenvalue weighted by Crippen LogP contribution is -2.54. The zero-order chi connectivity index (χ0) is 14.0. The van der Waals surface area contributed by atoms with Crippen LogP contribution >= 0.6 is 0 Å². The SMILES string of the molecule is COc1ccc(CN[C@H]2CCC23CCC(C)CC3)cc1. The maximum absolute atomic E-state index is 5.21. The van der Waals surface area contributed by atoms with Gasteiger partial charge >= 0.3 is 0 Å². The summed E-state index contributed by atoms with van der Waals surface area (Å²) in [6, 6.07) is 9.18. The molecule has 2 saturated carbocycles. The number of hydrogen-bond donors (Lipinski definition) is 1. The summed E-state index contributed by atoms with van der Waals surface area (Å²) in [5.74, 6) is 1.89. The molecule has 110 valence electrons. The van der Waals surface area contributed by atoms with Crippen LogP contribution in [0.5, 0.6) is 5.75 Å². The molecule has 0 unspecified atom stereocenters. The van der Waals surface area contributed by atoms with Crippen LogP contribution in [0.15, 0.2) is 24.3 Å². The Morgan fingerprint density at radius 1 is 1.10 bits per heavy atom. The Morgan fingerprint density at radius 3 is 2.30 bits per heavy atom. The molecule has 0 heterocycles. The van der Waals surface area contributed by atoms with Crippen LogP contribution in [-0.4, -0.2) is 13.2 Å². The minimum absolute atomic E-state index is 0.638. The molecule has 1 N–H and O–H groups in total. The fourth-order valence-corrected chi connectivity index (χ4v) is 3.94. The fourth-order valence-electron chi connectivity index (χ4n) is 3.94. The molecule has 3 rings (SSSR count). The van der Waals surface area contributed by atoms with Gasteiger partial charge < -0.3 is 10.1 Å². The van der Waals surface area contributed by atoms with E-state index in [1.54, 1.807) is 7.11 Å². The second-order valence-corrected chi connectivity index (χ2v) is 6.87. The first kappa shape index (κ1) is 13.9. The lowest BCUT2D eigenvalue weighted by atomic mass is 9.56. The maximum atomic E-state index is 5.21. The van der Waals surface area contributed by atoms with Crippen LogP contribution in [-0.2, 0) is 6.54 Å². The van der Waals surface area contributed by atoms with E-state index in [1.165, 1.54) is 44.1 Å². The zero-order valence-electron chi connectivity index (χ0n) is 12.8. The Kier molecular flexibility index (Phi) is 4.02. The van der Waals surface area contributed by atoms with Crippen LogP contribution in [0.3, 0.4) is 0 Å². The highest BCUT2D eigenvalue weighted by Gasteiger charge is 2.47. The minimum Gasteiger partial charge on any atom is -0.497 e. The van der Waals surface area contributed by atoms with E-state index in [2.05, 4.69) is 36.5 Å². The van der Waals surface area contributed by atoms with Crippen LogP contribution in [0.2, 0.25) is 0 Å². The van der Waals surface area contributed by atoms with Crippen LogP contribution in [0.1, 0.15) is 51.0 Å². The van der Waals surface area contributed by atoms with Crippen LogP contribution in [0.25, 0.3) is 0 Å². The van der Waals surface area contributed by atoms with Crippen molar-refractivity contribution in [3.8, 4) is 5.75 Å². The van der Waals surface area contributed by atoms with Crippen LogP contribution < -0.4 is 10.1 Å². The first-order valence-corrected chi connectivity index (χ1v) is 8.08. The molecular weight excluding hydrogens is 246 g/mol. The van der Waals surface area contributed by atoms with Gasteiger partial charge in [-0.05, 0) is 54.7 Å². The molecule has 2 aliphatic carbocycles. The largest absolute Gasteiger partial charge is 0.497 e. The van der Waals surface area contributed by atoms with Gasteiger partial charge in [0.2, 0.25) is 0 Å². The number of rotatable bonds is 4. The molecule has 1 aromatic carbocycles. The van der Waals surface area contributed by atoms with Gasteiger partial charge in [-0.25, -0.2) is 0 Å². The van der Waals surface area contributed by atoms with Gasteiger partial charge in [-0.3, -0.25) is 0 Å². The third kappa shape index (κ3) is 2.71. The summed E-state index contributed by atoms with van der Waals surface area (Å²) in [5, 5.41) is 3.81. The summed E-state index contributed by atoms with van der Waals surface area (Å²) in [7, 11) is 1.72. The summed E-state index contributed by atoms with van der Waals surface area (Å²) in [4.78, 5) is 0. The van der Waals surface area contributed by atoms with Crippen LogP contribution in [0, 0.1) is 11.3 Å². The van der Waals surface area contributed by atoms with Crippen molar-refractivity contribution in [2.45, 2.75) is 58.0 Å². The molecule has 2 heteroatoms. The summed E-state index contributed by atoms with van der Waals surface area (Å²) in [5.41, 5.74) is 2.00.